The molecular formula is C15H17N3O. The summed E-state index contributed by atoms with van der Waals surface area (Å²) >= 11 is 0. The van der Waals surface area contributed by atoms with Crippen molar-refractivity contribution in [2.24, 2.45) is 0 Å². The minimum atomic E-state index is -0.152. The summed E-state index contributed by atoms with van der Waals surface area (Å²) in [5.41, 5.74) is 1.33. The maximum atomic E-state index is 12.0. The smallest absolute Gasteiger partial charge is 0.257 e. The molecule has 0 aliphatic rings. The third-order valence-corrected chi connectivity index (χ3v) is 2.61. The SMILES string of the molecule is CCCNc1ccc(C(=O)Nc2ccccc2)cn1. The molecule has 0 aliphatic carbocycles. The molecule has 2 aromatic rings. The Hall–Kier alpha value is -2.36. The summed E-state index contributed by atoms with van der Waals surface area (Å²) in [5, 5.41) is 5.99. The molecule has 1 amide bonds. The van der Waals surface area contributed by atoms with Crippen molar-refractivity contribution < 1.29 is 4.79 Å². The van der Waals surface area contributed by atoms with Crippen LogP contribution in [0.15, 0.2) is 48.7 Å². The minimum absolute atomic E-state index is 0.152. The van der Waals surface area contributed by atoms with Crippen LogP contribution in [0.1, 0.15) is 23.7 Å². The average Bonchev–Trinajstić information content (AvgIpc) is 2.46. The maximum Gasteiger partial charge on any atom is 0.257 e. The van der Waals surface area contributed by atoms with Gasteiger partial charge in [0.2, 0.25) is 0 Å². The van der Waals surface area contributed by atoms with E-state index in [1.165, 1.54) is 0 Å². The molecule has 2 N–H and O–H groups in total. The van der Waals surface area contributed by atoms with Crippen LogP contribution in [0.3, 0.4) is 0 Å². The van der Waals surface area contributed by atoms with Crippen LogP contribution in [-0.2, 0) is 0 Å². The van der Waals surface area contributed by atoms with Gasteiger partial charge >= 0.3 is 0 Å². The molecule has 0 unspecified atom stereocenters. The Bertz CT molecular complexity index is 523. The topological polar surface area (TPSA) is 54.0 Å². The largest absolute Gasteiger partial charge is 0.370 e. The van der Waals surface area contributed by atoms with Gasteiger partial charge < -0.3 is 10.6 Å². The van der Waals surface area contributed by atoms with E-state index in [9.17, 15) is 4.79 Å². The summed E-state index contributed by atoms with van der Waals surface area (Å²) in [6.07, 6.45) is 2.62. The summed E-state index contributed by atoms with van der Waals surface area (Å²) in [6.45, 7) is 2.97. The third-order valence-electron chi connectivity index (χ3n) is 2.61. The molecule has 1 aromatic heterocycles. The summed E-state index contributed by atoms with van der Waals surface area (Å²) in [5.74, 6) is 0.638. The van der Waals surface area contributed by atoms with Gasteiger partial charge in [-0.2, -0.15) is 0 Å². The van der Waals surface area contributed by atoms with Crippen LogP contribution >= 0.6 is 0 Å². The van der Waals surface area contributed by atoms with E-state index in [4.69, 9.17) is 0 Å². The fraction of sp³-hybridized carbons (Fsp3) is 0.200. The van der Waals surface area contributed by atoms with Crippen molar-refractivity contribution in [1.29, 1.82) is 0 Å². The summed E-state index contributed by atoms with van der Waals surface area (Å²) in [7, 11) is 0. The molecule has 1 aromatic carbocycles. The predicted molar refractivity (Wildman–Crippen MR) is 77.4 cm³/mol. The standard InChI is InChI=1S/C15H17N3O/c1-2-10-16-14-9-8-12(11-17-14)15(19)18-13-6-4-3-5-7-13/h3-9,11H,2,10H2,1H3,(H,16,17)(H,18,19). The monoisotopic (exact) mass is 255 g/mol. The number of hydrogen-bond acceptors (Lipinski definition) is 3. The Morgan fingerprint density at radius 1 is 1.16 bits per heavy atom. The van der Waals surface area contributed by atoms with Crippen LogP contribution in [-0.4, -0.2) is 17.4 Å². The number of nitrogens with one attached hydrogen (secondary N) is 2. The molecule has 4 heteroatoms. The number of anilines is 2. The molecule has 2 rings (SSSR count). The van der Waals surface area contributed by atoms with Crippen LogP contribution < -0.4 is 10.6 Å². The molecule has 0 bridgehead atoms. The van der Waals surface area contributed by atoms with E-state index in [0.29, 0.717) is 5.56 Å². The van der Waals surface area contributed by atoms with Crippen molar-refractivity contribution >= 4 is 17.4 Å². The number of carbonyl (C=O) groups is 1. The van der Waals surface area contributed by atoms with Crippen LogP contribution in [0, 0.1) is 0 Å². The highest BCUT2D eigenvalue weighted by Gasteiger charge is 2.06. The molecule has 0 saturated carbocycles. The van der Waals surface area contributed by atoms with Gasteiger partial charge in [0.15, 0.2) is 0 Å². The van der Waals surface area contributed by atoms with Gasteiger partial charge in [-0.25, -0.2) is 4.98 Å². The average molecular weight is 255 g/mol. The molecule has 0 spiro atoms. The van der Waals surface area contributed by atoms with E-state index < -0.39 is 0 Å². The number of carbonyl (C=O) groups excluding carboxylic acids is 1. The van der Waals surface area contributed by atoms with E-state index in [1.54, 1.807) is 12.3 Å². The zero-order chi connectivity index (χ0) is 13.5. The molecule has 0 fully saturated rings. The lowest BCUT2D eigenvalue weighted by Gasteiger charge is -2.06. The van der Waals surface area contributed by atoms with Crippen LogP contribution in [0.5, 0.6) is 0 Å². The van der Waals surface area contributed by atoms with Gasteiger partial charge in [-0.1, -0.05) is 25.1 Å². The summed E-state index contributed by atoms with van der Waals surface area (Å²) < 4.78 is 0. The lowest BCUT2D eigenvalue weighted by atomic mass is 10.2. The van der Waals surface area contributed by atoms with Gasteiger partial charge in [0, 0.05) is 18.4 Å². The van der Waals surface area contributed by atoms with Gasteiger partial charge in [-0.3, -0.25) is 4.79 Å². The highest BCUT2D eigenvalue weighted by molar-refractivity contribution is 6.04. The zero-order valence-electron chi connectivity index (χ0n) is 10.9. The second kappa shape index (κ2) is 6.54. The lowest BCUT2D eigenvalue weighted by Crippen LogP contribution is -2.12. The first-order chi connectivity index (χ1) is 9.29. The number of nitrogens with zero attached hydrogens (tertiary/aromatic N) is 1. The van der Waals surface area contributed by atoms with E-state index in [1.807, 2.05) is 36.4 Å². The zero-order valence-corrected chi connectivity index (χ0v) is 10.9. The predicted octanol–water partition coefficient (Wildman–Crippen LogP) is 3.16. The van der Waals surface area contributed by atoms with Crippen LogP contribution in [0.2, 0.25) is 0 Å². The van der Waals surface area contributed by atoms with Crippen molar-refractivity contribution in [3.05, 3.63) is 54.2 Å². The number of hydrogen-bond donors (Lipinski definition) is 2. The molecule has 4 nitrogen and oxygen atoms in total. The normalized spacial score (nSPS) is 9.95. The maximum absolute atomic E-state index is 12.0. The van der Waals surface area contributed by atoms with Gasteiger partial charge in [0.25, 0.3) is 5.91 Å². The van der Waals surface area contributed by atoms with Crippen LogP contribution in [0.4, 0.5) is 11.5 Å². The number of benzene rings is 1. The third kappa shape index (κ3) is 3.81. The quantitative estimate of drug-likeness (QED) is 0.863. The van der Waals surface area contributed by atoms with Gasteiger partial charge in [0.05, 0.1) is 5.56 Å². The molecular weight excluding hydrogens is 238 g/mol. The number of pyridine rings is 1. The van der Waals surface area contributed by atoms with Crippen molar-refractivity contribution in [2.45, 2.75) is 13.3 Å². The molecule has 98 valence electrons. The molecule has 0 radical (unpaired) electrons. The molecule has 19 heavy (non-hydrogen) atoms. The Morgan fingerprint density at radius 3 is 2.58 bits per heavy atom. The van der Waals surface area contributed by atoms with Crippen molar-refractivity contribution in [2.75, 3.05) is 17.2 Å². The number of amides is 1. The summed E-state index contributed by atoms with van der Waals surface area (Å²) in [6, 6.07) is 13.0. The van der Waals surface area contributed by atoms with Gasteiger partial charge in [-0.15, -0.1) is 0 Å². The first kappa shape index (κ1) is 13.1. The van der Waals surface area contributed by atoms with E-state index >= 15 is 0 Å². The van der Waals surface area contributed by atoms with Crippen molar-refractivity contribution in [3.8, 4) is 0 Å². The number of para-hydroxylation sites is 1. The van der Waals surface area contributed by atoms with Crippen molar-refractivity contribution in [3.63, 3.8) is 0 Å². The van der Waals surface area contributed by atoms with Crippen molar-refractivity contribution in [1.82, 2.24) is 4.98 Å². The highest BCUT2D eigenvalue weighted by atomic mass is 16.1. The van der Waals surface area contributed by atoms with E-state index in [-0.39, 0.29) is 5.91 Å². The molecule has 1 heterocycles. The fourth-order valence-corrected chi connectivity index (χ4v) is 1.61. The minimum Gasteiger partial charge on any atom is -0.370 e. The highest BCUT2D eigenvalue weighted by Crippen LogP contribution is 2.10. The second-order valence-corrected chi connectivity index (χ2v) is 4.18. The van der Waals surface area contributed by atoms with Gasteiger partial charge in [-0.05, 0) is 30.7 Å². The first-order valence-electron chi connectivity index (χ1n) is 6.36. The Balaban J connectivity index is 1.99. The second-order valence-electron chi connectivity index (χ2n) is 4.18. The van der Waals surface area contributed by atoms with E-state index in [2.05, 4.69) is 22.5 Å². The Labute approximate surface area is 112 Å². The number of aromatic nitrogens is 1. The van der Waals surface area contributed by atoms with Crippen LogP contribution in [0.25, 0.3) is 0 Å². The molecule has 0 atom stereocenters. The van der Waals surface area contributed by atoms with E-state index in [0.717, 1.165) is 24.5 Å². The lowest BCUT2D eigenvalue weighted by molar-refractivity contribution is 0.102. The Kier molecular flexibility index (Phi) is 4.50. The summed E-state index contributed by atoms with van der Waals surface area (Å²) in [4.78, 5) is 16.2. The first-order valence-corrected chi connectivity index (χ1v) is 6.36. The Morgan fingerprint density at radius 2 is 1.95 bits per heavy atom. The molecule has 0 aliphatic heterocycles. The fourth-order valence-electron chi connectivity index (χ4n) is 1.61. The molecule has 0 saturated heterocycles. The van der Waals surface area contributed by atoms with Gasteiger partial charge in [0.1, 0.15) is 5.82 Å². The number of rotatable bonds is 5.